The van der Waals surface area contributed by atoms with Crippen LogP contribution in [-0.2, 0) is 0 Å². The highest BCUT2D eigenvalue weighted by atomic mass is 79.9. The molecule has 0 aliphatic rings. The van der Waals surface area contributed by atoms with Gasteiger partial charge in [0.1, 0.15) is 11.5 Å². The first-order valence-electron chi connectivity index (χ1n) is 4.02. The minimum absolute atomic E-state index is 0.160. The van der Waals surface area contributed by atoms with Crippen LogP contribution < -0.4 is 4.74 Å². The number of pyridine rings is 1. The highest BCUT2D eigenvalue weighted by molar-refractivity contribution is 9.10. The predicted octanol–water partition coefficient (Wildman–Crippen LogP) is 2.71. The number of aromatic hydroxyl groups is 1. The van der Waals surface area contributed by atoms with Crippen molar-refractivity contribution in [3.8, 4) is 11.5 Å². The lowest BCUT2D eigenvalue weighted by atomic mass is 10.1. The Bertz CT molecular complexity index is 485. The topological polar surface area (TPSA) is 42.4 Å². The maximum absolute atomic E-state index is 9.55. The molecule has 1 aromatic carbocycles. The lowest BCUT2D eigenvalue weighted by Gasteiger charge is -2.06. The lowest BCUT2D eigenvalue weighted by molar-refractivity contribution is 0.412. The van der Waals surface area contributed by atoms with Crippen molar-refractivity contribution in [1.29, 1.82) is 0 Å². The van der Waals surface area contributed by atoms with Crippen molar-refractivity contribution >= 4 is 26.7 Å². The maximum Gasteiger partial charge on any atom is 0.141 e. The van der Waals surface area contributed by atoms with Crippen LogP contribution in [0.3, 0.4) is 0 Å². The minimum atomic E-state index is 0.160. The SMILES string of the molecule is COc1cc2c(O)cncc2cc1Br. The van der Waals surface area contributed by atoms with E-state index in [2.05, 4.69) is 20.9 Å². The van der Waals surface area contributed by atoms with E-state index in [1.807, 2.05) is 6.07 Å². The number of methoxy groups -OCH3 is 1. The summed E-state index contributed by atoms with van der Waals surface area (Å²) in [5, 5.41) is 11.2. The fourth-order valence-corrected chi connectivity index (χ4v) is 1.83. The van der Waals surface area contributed by atoms with Crippen molar-refractivity contribution in [2.45, 2.75) is 0 Å². The summed E-state index contributed by atoms with van der Waals surface area (Å²) in [4.78, 5) is 3.90. The number of aromatic nitrogens is 1. The molecule has 0 spiro atoms. The molecule has 0 unspecified atom stereocenters. The van der Waals surface area contributed by atoms with Gasteiger partial charge in [-0.2, -0.15) is 0 Å². The van der Waals surface area contributed by atoms with Gasteiger partial charge in [0.15, 0.2) is 0 Å². The minimum Gasteiger partial charge on any atom is -0.506 e. The zero-order chi connectivity index (χ0) is 10.1. The maximum atomic E-state index is 9.55. The summed E-state index contributed by atoms with van der Waals surface area (Å²) >= 11 is 3.37. The molecule has 0 aliphatic carbocycles. The summed E-state index contributed by atoms with van der Waals surface area (Å²) in [6.07, 6.45) is 3.11. The van der Waals surface area contributed by atoms with E-state index in [1.165, 1.54) is 6.20 Å². The van der Waals surface area contributed by atoms with Crippen LogP contribution in [0.1, 0.15) is 0 Å². The fraction of sp³-hybridized carbons (Fsp3) is 0.100. The van der Waals surface area contributed by atoms with Crippen LogP contribution in [0.2, 0.25) is 0 Å². The molecule has 1 heterocycles. The van der Waals surface area contributed by atoms with Crippen LogP contribution in [0.15, 0.2) is 29.0 Å². The Hall–Kier alpha value is -1.29. The van der Waals surface area contributed by atoms with Gasteiger partial charge < -0.3 is 9.84 Å². The molecule has 0 saturated carbocycles. The van der Waals surface area contributed by atoms with E-state index in [0.29, 0.717) is 5.75 Å². The Kier molecular flexibility index (Phi) is 2.29. The van der Waals surface area contributed by atoms with Crippen molar-refractivity contribution in [1.82, 2.24) is 4.98 Å². The number of hydrogen-bond donors (Lipinski definition) is 1. The Morgan fingerprint density at radius 3 is 2.86 bits per heavy atom. The third kappa shape index (κ3) is 1.42. The van der Waals surface area contributed by atoms with Crippen molar-refractivity contribution in [3.05, 3.63) is 29.0 Å². The molecule has 0 aliphatic heterocycles. The van der Waals surface area contributed by atoms with Crippen LogP contribution in [0.5, 0.6) is 11.5 Å². The largest absolute Gasteiger partial charge is 0.506 e. The molecule has 1 aromatic heterocycles. The van der Waals surface area contributed by atoms with Crippen molar-refractivity contribution < 1.29 is 9.84 Å². The Morgan fingerprint density at radius 2 is 2.14 bits per heavy atom. The highest BCUT2D eigenvalue weighted by Crippen LogP contribution is 2.33. The van der Waals surface area contributed by atoms with E-state index in [1.54, 1.807) is 19.4 Å². The molecule has 0 saturated heterocycles. The predicted molar refractivity (Wildman–Crippen MR) is 57.7 cm³/mol. The normalized spacial score (nSPS) is 10.4. The molecular weight excluding hydrogens is 246 g/mol. The zero-order valence-electron chi connectivity index (χ0n) is 7.49. The number of nitrogens with zero attached hydrogens (tertiary/aromatic N) is 1. The van der Waals surface area contributed by atoms with Crippen LogP contribution in [-0.4, -0.2) is 17.2 Å². The Morgan fingerprint density at radius 1 is 1.36 bits per heavy atom. The third-order valence-corrected chi connectivity index (χ3v) is 2.63. The van der Waals surface area contributed by atoms with Gasteiger partial charge in [0.05, 0.1) is 17.8 Å². The first kappa shape index (κ1) is 9.27. The third-order valence-electron chi connectivity index (χ3n) is 2.01. The fourth-order valence-electron chi connectivity index (χ4n) is 1.31. The Balaban J connectivity index is 2.80. The van der Waals surface area contributed by atoms with E-state index in [4.69, 9.17) is 4.74 Å². The molecule has 2 aromatic rings. The summed E-state index contributed by atoms with van der Waals surface area (Å²) in [6.45, 7) is 0. The first-order valence-corrected chi connectivity index (χ1v) is 4.82. The zero-order valence-corrected chi connectivity index (χ0v) is 9.08. The van der Waals surface area contributed by atoms with Crippen LogP contribution in [0, 0.1) is 0 Å². The van der Waals surface area contributed by atoms with Gasteiger partial charge >= 0.3 is 0 Å². The van der Waals surface area contributed by atoms with Gasteiger partial charge in [0, 0.05) is 17.0 Å². The van der Waals surface area contributed by atoms with Crippen molar-refractivity contribution in [2.75, 3.05) is 7.11 Å². The van der Waals surface area contributed by atoms with Gasteiger partial charge in [-0.3, -0.25) is 4.98 Å². The van der Waals surface area contributed by atoms with Crippen LogP contribution in [0.4, 0.5) is 0 Å². The summed E-state index contributed by atoms with van der Waals surface area (Å²) in [5.74, 6) is 0.854. The number of ether oxygens (including phenoxy) is 1. The Labute approximate surface area is 89.5 Å². The molecule has 1 N–H and O–H groups in total. The van der Waals surface area contributed by atoms with E-state index in [0.717, 1.165) is 15.2 Å². The molecule has 2 rings (SSSR count). The smallest absolute Gasteiger partial charge is 0.141 e. The summed E-state index contributed by atoms with van der Waals surface area (Å²) < 4.78 is 5.98. The van der Waals surface area contributed by atoms with Gasteiger partial charge in [-0.1, -0.05) is 0 Å². The molecule has 14 heavy (non-hydrogen) atoms. The van der Waals surface area contributed by atoms with Gasteiger partial charge in [-0.05, 0) is 28.1 Å². The van der Waals surface area contributed by atoms with Gasteiger partial charge in [-0.15, -0.1) is 0 Å². The monoisotopic (exact) mass is 253 g/mol. The number of hydrogen-bond acceptors (Lipinski definition) is 3. The second-order valence-electron chi connectivity index (χ2n) is 2.87. The van der Waals surface area contributed by atoms with Gasteiger partial charge in [0.2, 0.25) is 0 Å². The van der Waals surface area contributed by atoms with E-state index < -0.39 is 0 Å². The van der Waals surface area contributed by atoms with E-state index >= 15 is 0 Å². The molecule has 72 valence electrons. The molecule has 4 heteroatoms. The van der Waals surface area contributed by atoms with Crippen LogP contribution in [0.25, 0.3) is 10.8 Å². The van der Waals surface area contributed by atoms with Gasteiger partial charge in [-0.25, -0.2) is 0 Å². The average Bonchev–Trinajstić information content (AvgIpc) is 2.17. The van der Waals surface area contributed by atoms with Crippen molar-refractivity contribution in [3.63, 3.8) is 0 Å². The summed E-state index contributed by atoms with van der Waals surface area (Å²) in [5.41, 5.74) is 0. The number of halogens is 1. The summed E-state index contributed by atoms with van der Waals surface area (Å²) in [7, 11) is 1.59. The lowest BCUT2D eigenvalue weighted by Crippen LogP contribution is -1.85. The van der Waals surface area contributed by atoms with Gasteiger partial charge in [0.25, 0.3) is 0 Å². The second-order valence-corrected chi connectivity index (χ2v) is 3.72. The summed E-state index contributed by atoms with van der Waals surface area (Å²) in [6, 6.07) is 3.64. The highest BCUT2D eigenvalue weighted by Gasteiger charge is 2.05. The number of rotatable bonds is 1. The number of fused-ring (bicyclic) bond motifs is 1. The second kappa shape index (κ2) is 3.46. The van der Waals surface area contributed by atoms with Crippen LogP contribution >= 0.6 is 15.9 Å². The molecule has 0 amide bonds. The average molecular weight is 254 g/mol. The molecular formula is C10H8BrNO2. The van der Waals surface area contributed by atoms with E-state index in [-0.39, 0.29) is 5.75 Å². The molecule has 0 radical (unpaired) electrons. The molecule has 3 nitrogen and oxygen atoms in total. The van der Waals surface area contributed by atoms with E-state index in [9.17, 15) is 5.11 Å². The first-order chi connectivity index (χ1) is 6.72. The molecule has 0 bridgehead atoms. The number of benzene rings is 1. The van der Waals surface area contributed by atoms with Crippen molar-refractivity contribution in [2.24, 2.45) is 0 Å². The molecule has 0 atom stereocenters. The standard InChI is InChI=1S/C10H8BrNO2/c1-14-10-3-7-6(2-8(10)11)4-12-5-9(7)13/h2-5,13H,1H3. The molecule has 0 fully saturated rings. The quantitative estimate of drug-likeness (QED) is 0.850.